The van der Waals surface area contributed by atoms with Gasteiger partial charge in [0.2, 0.25) is 5.82 Å². The number of carbonyl (C=O) groups is 1. The summed E-state index contributed by atoms with van der Waals surface area (Å²) in [6.07, 6.45) is -3.49. The number of oxazole rings is 1. The van der Waals surface area contributed by atoms with E-state index in [0.717, 1.165) is 4.57 Å². The van der Waals surface area contributed by atoms with Crippen molar-refractivity contribution >= 4 is 37.9 Å². The number of amides is 1. The maximum absolute atomic E-state index is 13.9. The first-order valence-electron chi connectivity index (χ1n) is 11.6. The molecule has 5 aromatic rings. The predicted molar refractivity (Wildman–Crippen MR) is 133 cm³/mol. The molecule has 1 amide bonds. The Bertz CT molecular complexity index is 1760. The lowest BCUT2D eigenvalue weighted by molar-refractivity contribution is -0.146. The maximum atomic E-state index is 13.9. The van der Waals surface area contributed by atoms with Crippen molar-refractivity contribution in [1.29, 1.82) is 0 Å². The Labute approximate surface area is 215 Å². The Balaban J connectivity index is 1.40. The Hall–Kier alpha value is -4.19. The van der Waals surface area contributed by atoms with E-state index in [0.29, 0.717) is 22.2 Å². The normalized spacial score (nSPS) is 12.3. The quantitative estimate of drug-likeness (QED) is 0.311. The van der Waals surface area contributed by atoms with E-state index in [2.05, 4.69) is 15.3 Å². The molecule has 8 nitrogen and oxygen atoms in total. The standard InChI is InChI=1S/C26H21F3N4O4S/c1-2-38(35,36)19-9-6-16(7-10-19)13-30-24(34)17-8-11-22-21(12-17)32-25(26(27,28)29)33(22)14-18-4-3-5-20-23(18)37-15-31-20/h3-12,15H,2,13-14H2,1H3,(H,30,34). The molecule has 38 heavy (non-hydrogen) atoms. The number of aromatic nitrogens is 3. The summed E-state index contributed by atoms with van der Waals surface area (Å²) in [6.45, 7) is 1.50. The minimum atomic E-state index is -4.73. The highest BCUT2D eigenvalue weighted by Crippen LogP contribution is 2.33. The van der Waals surface area contributed by atoms with Gasteiger partial charge in [0.15, 0.2) is 21.8 Å². The Morgan fingerprint density at radius 2 is 1.82 bits per heavy atom. The van der Waals surface area contributed by atoms with E-state index in [9.17, 15) is 26.4 Å². The number of imidazole rings is 1. The van der Waals surface area contributed by atoms with Crippen LogP contribution in [0.15, 0.2) is 76.4 Å². The van der Waals surface area contributed by atoms with Gasteiger partial charge in [-0.2, -0.15) is 13.2 Å². The number of hydrogen-bond acceptors (Lipinski definition) is 6. The van der Waals surface area contributed by atoms with Crippen LogP contribution < -0.4 is 5.32 Å². The number of sulfone groups is 1. The van der Waals surface area contributed by atoms with Gasteiger partial charge in [-0.25, -0.2) is 18.4 Å². The zero-order chi connectivity index (χ0) is 27.1. The maximum Gasteiger partial charge on any atom is 0.449 e. The number of hydrogen-bond donors (Lipinski definition) is 1. The highest BCUT2D eigenvalue weighted by molar-refractivity contribution is 7.91. The third-order valence-corrected chi connectivity index (χ3v) is 7.90. The molecule has 0 bridgehead atoms. The molecule has 0 spiro atoms. The number of alkyl halides is 3. The first-order valence-corrected chi connectivity index (χ1v) is 13.2. The molecule has 0 fully saturated rings. The summed E-state index contributed by atoms with van der Waals surface area (Å²) in [5, 5.41) is 2.70. The molecule has 1 N–H and O–H groups in total. The summed E-state index contributed by atoms with van der Waals surface area (Å²) in [4.78, 5) is 20.8. The fraction of sp³-hybridized carbons (Fsp3) is 0.192. The summed E-state index contributed by atoms with van der Waals surface area (Å²) in [7, 11) is -3.33. The summed E-state index contributed by atoms with van der Waals surface area (Å²) >= 11 is 0. The van der Waals surface area contributed by atoms with Crippen LogP contribution in [0.3, 0.4) is 0 Å². The van der Waals surface area contributed by atoms with Gasteiger partial charge >= 0.3 is 6.18 Å². The average Bonchev–Trinajstić information content (AvgIpc) is 3.53. The van der Waals surface area contributed by atoms with E-state index in [-0.39, 0.29) is 40.3 Å². The van der Waals surface area contributed by atoms with E-state index in [1.165, 1.54) is 36.7 Å². The van der Waals surface area contributed by atoms with Gasteiger partial charge in [-0.1, -0.05) is 31.2 Å². The van der Waals surface area contributed by atoms with Crippen molar-refractivity contribution in [3.05, 3.63) is 89.6 Å². The van der Waals surface area contributed by atoms with Gasteiger partial charge in [0.25, 0.3) is 5.91 Å². The van der Waals surface area contributed by atoms with E-state index < -0.39 is 27.7 Å². The molecule has 0 saturated carbocycles. The van der Waals surface area contributed by atoms with Crippen LogP contribution in [0.5, 0.6) is 0 Å². The second-order valence-electron chi connectivity index (χ2n) is 8.57. The summed E-state index contributed by atoms with van der Waals surface area (Å²) < 4.78 is 72.0. The number of nitrogens with zero attached hydrogens (tertiary/aromatic N) is 3. The first kappa shape index (κ1) is 25.5. The number of fused-ring (bicyclic) bond motifs is 2. The molecule has 0 aliphatic heterocycles. The molecule has 0 atom stereocenters. The molecule has 5 rings (SSSR count). The SMILES string of the molecule is CCS(=O)(=O)c1ccc(CNC(=O)c2ccc3c(c2)nc(C(F)(F)F)n3Cc2cccc3ncoc23)cc1. The van der Waals surface area contributed by atoms with Gasteiger partial charge in [0.05, 0.1) is 28.2 Å². The summed E-state index contributed by atoms with van der Waals surface area (Å²) in [5.74, 6) is -1.62. The van der Waals surface area contributed by atoms with Crippen LogP contribution in [0, 0.1) is 0 Å². The summed E-state index contributed by atoms with van der Waals surface area (Å²) in [5.41, 5.74) is 2.45. The third-order valence-electron chi connectivity index (χ3n) is 6.15. The Kier molecular flexibility index (Phi) is 6.43. The zero-order valence-corrected chi connectivity index (χ0v) is 20.8. The lowest BCUT2D eigenvalue weighted by atomic mass is 10.1. The van der Waals surface area contributed by atoms with Crippen molar-refractivity contribution in [2.45, 2.75) is 31.1 Å². The Morgan fingerprint density at radius 1 is 1.05 bits per heavy atom. The van der Waals surface area contributed by atoms with Crippen LogP contribution in [0.2, 0.25) is 0 Å². The molecule has 12 heteroatoms. The van der Waals surface area contributed by atoms with Gasteiger partial charge < -0.3 is 14.3 Å². The Morgan fingerprint density at radius 3 is 2.53 bits per heavy atom. The minimum absolute atomic E-state index is 0.0174. The van der Waals surface area contributed by atoms with Crippen LogP contribution in [0.1, 0.15) is 34.2 Å². The van der Waals surface area contributed by atoms with Gasteiger partial charge in [-0.3, -0.25) is 4.79 Å². The van der Waals surface area contributed by atoms with Crippen LogP contribution in [-0.4, -0.2) is 34.6 Å². The van der Waals surface area contributed by atoms with Gasteiger partial charge in [0, 0.05) is 17.7 Å². The van der Waals surface area contributed by atoms with E-state index >= 15 is 0 Å². The van der Waals surface area contributed by atoms with Crippen LogP contribution >= 0.6 is 0 Å². The molecule has 0 aliphatic carbocycles. The fourth-order valence-corrected chi connectivity index (χ4v) is 5.04. The molecule has 0 aliphatic rings. The molecule has 0 radical (unpaired) electrons. The number of halogens is 3. The number of benzene rings is 3. The van der Waals surface area contributed by atoms with Gasteiger partial charge in [-0.05, 0) is 42.0 Å². The van der Waals surface area contributed by atoms with E-state index in [4.69, 9.17) is 4.42 Å². The second kappa shape index (κ2) is 9.60. The van der Waals surface area contributed by atoms with Crippen molar-refractivity contribution < 1.29 is 30.8 Å². The fourth-order valence-electron chi connectivity index (χ4n) is 4.15. The molecule has 0 unspecified atom stereocenters. The summed E-state index contributed by atoms with van der Waals surface area (Å²) in [6, 6.07) is 15.3. The minimum Gasteiger partial charge on any atom is -0.443 e. The topological polar surface area (TPSA) is 107 Å². The van der Waals surface area contributed by atoms with Crippen LogP contribution in [-0.2, 0) is 29.1 Å². The number of rotatable bonds is 7. The van der Waals surface area contributed by atoms with E-state index in [1.54, 1.807) is 37.3 Å². The first-order chi connectivity index (χ1) is 18.1. The molecular weight excluding hydrogens is 521 g/mol. The number of carbonyl (C=O) groups excluding carboxylic acids is 1. The van der Waals surface area contributed by atoms with Crippen LogP contribution in [0.25, 0.3) is 22.1 Å². The van der Waals surface area contributed by atoms with Crippen molar-refractivity contribution in [3.8, 4) is 0 Å². The number of para-hydroxylation sites is 1. The zero-order valence-electron chi connectivity index (χ0n) is 20.0. The van der Waals surface area contributed by atoms with Crippen molar-refractivity contribution in [2.75, 3.05) is 5.75 Å². The highest BCUT2D eigenvalue weighted by Gasteiger charge is 2.38. The average molecular weight is 543 g/mol. The highest BCUT2D eigenvalue weighted by atomic mass is 32.2. The van der Waals surface area contributed by atoms with Crippen molar-refractivity contribution in [2.24, 2.45) is 0 Å². The van der Waals surface area contributed by atoms with Crippen LogP contribution in [0.4, 0.5) is 13.2 Å². The smallest absolute Gasteiger partial charge is 0.443 e. The van der Waals surface area contributed by atoms with Crippen molar-refractivity contribution in [1.82, 2.24) is 19.9 Å². The molecule has 3 aromatic carbocycles. The monoisotopic (exact) mass is 542 g/mol. The van der Waals surface area contributed by atoms with E-state index in [1.807, 2.05) is 0 Å². The predicted octanol–water partition coefficient (Wildman–Crippen LogP) is 4.97. The molecule has 2 aromatic heterocycles. The van der Waals surface area contributed by atoms with Gasteiger partial charge in [-0.15, -0.1) is 0 Å². The third kappa shape index (κ3) is 4.86. The molecular formula is C26H21F3N4O4S. The number of nitrogens with one attached hydrogen (secondary N) is 1. The van der Waals surface area contributed by atoms with Crippen molar-refractivity contribution in [3.63, 3.8) is 0 Å². The molecule has 0 saturated heterocycles. The lowest BCUT2D eigenvalue weighted by Gasteiger charge is -2.12. The molecule has 2 heterocycles. The largest absolute Gasteiger partial charge is 0.449 e. The lowest BCUT2D eigenvalue weighted by Crippen LogP contribution is -2.22. The van der Waals surface area contributed by atoms with Gasteiger partial charge in [0.1, 0.15) is 5.52 Å². The molecule has 196 valence electrons. The second-order valence-corrected chi connectivity index (χ2v) is 10.8.